The van der Waals surface area contributed by atoms with Crippen LogP contribution in [-0.2, 0) is 17.7 Å². The Kier molecular flexibility index (Phi) is 5.80. The monoisotopic (exact) mass is 375 g/mol. The summed E-state index contributed by atoms with van der Waals surface area (Å²) in [5, 5.41) is 0.526. The molecule has 1 aliphatic rings. The highest BCUT2D eigenvalue weighted by atomic mass is 32.1. The first-order valence-corrected chi connectivity index (χ1v) is 9.55. The standard InChI is InChI=1S/C19H25N3O3S/c1-3-25-19(23)16-14-8-9-22(15(10-20)17(14)26-18(16)21)11-12-4-6-13(24-2)7-5-12/h4-7,15H,3,8-11,20-21H2,1-2H3. The van der Waals surface area contributed by atoms with Crippen LogP contribution in [0.2, 0.25) is 0 Å². The number of nitrogens with zero attached hydrogens (tertiary/aromatic N) is 1. The van der Waals surface area contributed by atoms with Crippen molar-refractivity contribution in [3.05, 3.63) is 45.8 Å². The lowest BCUT2D eigenvalue weighted by Gasteiger charge is -2.35. The van der Waals surface area contributed by atoms with E-state index in [1.54, 1.807) is 14.0 Å². The average Bonchev–Trinajstić information content (AvgIpc) is 2.98. The number of carbonyl (C=O) groups is 1. The van der Waals surface area contributed by atoms with Crippen LogP contribution in [0.25, 0.3) is 0 Å². The maximum absolute atomic E-state index is 12.3. The summed E-state index contributed by atoms with van der Waals surface area (Å²) >= 11 is 1.46. The number of hydrogen-bond acceptors (Lipinski definition) is 7. The van der Waals surface area contributed by atoms with Crippen LogP contribution >= 0.6 is 11.3 Å². The molecule has 7 heteroatoms. The molecular weight excluding hydrogens is 350 g/mol. The zero-order chi connectivity index (χ0) is 18.7. The smallest absolute Gasteiger partial charge is 0.341 e. The summed E-state index contributed by atoms with van der Waals surface area (Å²) < 4.78 is 10.4. The Morgan fingerprint density at radius 2 is 2.08 bits per heavy atom. The molecule has 3 rings (SSSR count). The summed E-state index contributed by atoms with van der Waals surface area (Å²) in [7, 11) is 1.66. The third kappa shape index (κ3) is 3.56. The van der Waals surface area contributed by atoms with Gasteiger partial charge in [-0.2, -0.15) is 0 Å². The molecule has 0 aliphatic carbocycles. The molecule has 6 nitrogen and oxygen atoms in total. The molecule has 4 N–H and O–H groups in total. The van der Waals surface area contributed by atoms with E-state index in [1.807, 2.05) is 12.1 Å². The normalized spacial score (nSPS) is 17.0. The minimum Gasteiger partial charge on any atom is -0.497 e. The number of benzene rings is 1. The molecule has 0 radical (unpaired) electrons. The van der Waals surface area contributed by atoms with Crippen molar-refractivity contribution in [3.8, 4) is 5.75 Å². The second kappa shape index (κ2) is 8.07. The van der Waals surface area contributed by atoms with E-state index in [0.29, 0.717) is 23.7 Å². The molecule has 0 fully saturated rings. The predicted octanol–water partition coefficient (Wildman–Crippen LogP) is 2.57. The van der Waals surface area contributed by atoms with Crippen molar-refractivity contribution in [3.63, 3.8) is 0 Å². The summed E-state index contributed by atoms with van der Waals surface area (Å²) in [5.41, 5.74) is 15.0. The molecular formula is C19H25N3O3S. The lowest BCUT2D eigenvalue weighted by molar-refractivity contribution is 0.0525. The van der Waals surface area contributed by atoms with Gasteiger partial charge in [0.15, 0.2) is 0 Å². The first kappa shape index (κ1) is 18.7. The van der Waals surface area contributed by atoms with E-state index < -0.39 is 0 Å². The number of rotatable bonds is 6. The second-order valence-electron chi connectivity index (χ2n) is 6.22. The van der Waals surface area contributed by atoms with E-state index in [9.17, 15) is 4.79 Å². The van der Waals surface area contributed by atoms with Gasteiger partial charge in [0.2, 0.25) is 0 Å². The first-order valence-electron chi connectivity index (χ1n) is 8.74. The minimum absolute atomic E-state index is 0.0522. The lowest BCUT2D eigenvalue weighted by atomic mass is 9.96. The molecule has 0 saturated carbocycles. The number of ether oxygens (including phenoxy) is 2. The van der Waals surface area contributed by atoms with E-state index >= 15 is 0 Å². The van der Waals surface area contributed by atoms with Crippen LogP contribution in [0.15, 0.2) is 24.3 Å². The van der Waals surface area contributed by atoms with Gasteiger partial charge in [-0.3, -0.25) is 4.90 Å². The van der Waals surface area contributed by atoms with Gasteiger partial charge in [0.25, 0.3) is 0 Å². The third-order valence-electron chi connectivity index (χ3n) is 4.71. The summed E-state index contributed by atoms with van der Waals surface area (Å²) in [6.07, 6.45) is 0.768. The van der Waals surface area contributed by atoms with Crippen LogP contribution in [0.3, 0.4) is 0 Å². The molecule has 26 heavy (non-hydrogen) atoms. The van der Waals surface area contributed by atoms with Crippen molar-refractivity contribution in [2.45, 2.75) is 25.9 Å². The lowest BCUT2D eigenvalue weighted by Crippen LogP contribution is -2.38. The molecule has 1 unspecified atom stereocenters. The molecule has 0 spiro atoms. The first-order chi connectivity index (χ1) is 12.6. The van der Waals surface area contributed by atoms with E-state index in [1.165, 1.54) is 16.9 Å². The topological polar surface area (TPSA) is 90.8 Å². The summed E-state index contributed by atoms with van der Waals surface area (Å²) in [4.78, 5) is 15.7. The van der Waals surface area contributed by atoms with Crippen LogP contribution < -0.4 is 16.2 Å². The van der Waals surface area contributed by atoms with E-state index in [4.69, 9.17) is 20.9 Å². The number of nitrogens with two attached hydrogens (primary N) is 2. The van der Waals surface area contributed by atoms with Gasteiger partial charge in [-0.1, -0.05) is 12.1 Å². The highest BCUT2D eigenvalue weighted by molar-refractivity contribution is 7.16. The Morgan fingerprint density at radius 3 is 2.69 bits per heavy atom. The zero-order valence-corrected chi connectivity index (χ0v) is 16.0. The molecule has 1 aliphatic heterocycles. The fraction of sp³-hybridized carbons (Fsp3) is 0.421. The van der Waals surface area contributed by atoms with Crippen LogP contribution in [0, 0.1) is 0 Å². The van der Waals surface area contributed by atoms with Gasteiger partial charge in [-0.25, -0.2) is 4.79 Å². The molecule has 140 valence electrons. The predicted molar refractivity (Wildman–Crippen MR) is 104 cm³/mol. The van der Waals surface area contributed by atoms with Gasteiger partial charge >= 0.3 is 5.97 Å². The van der Waals surface area contributed by atoms with Gasteiger partial charge in [0, 0.05) is 24.5 Å². The van der Waals surface area contributed by atoms with Gasteiger partial charge < -0.3 is 20.9 Å². The molecule has 2 aromatic rings. The van der Waals surface area contributed by atoms with Gasteiger partial charge in [-0.15, -0.1) is 11.3 Å². The third-order valence-corrected chi connectivity index (χ3v) is 5.87. The van der Waals surface area contributed by atoms with Crippen LogP contribution in [0.1, 0.15) is 39.3 Å². The summed E-state index contributed by atoms with van der Waals surface area (Å²) in [6, 6.07) is 8.11. The number of fused-ring (bicyclic) bond motifs is 1. The molecule has 1 aromatic carbocycles. The molecule has 0 saturated heterocycles. The number of hydrogen-bond donors (Lipinski definition) is 2. The average molecular weight is 375 g/mol. The Morgan fingerprint density at radius 1 is 1.35 bits per heavy atom. The summed E-state index contributed by atoms with van der Waals surface area (Å²) in [5.74, 6) is 0.511. The van der Waals surface area contributed by atoms with E-state index in [-0.39, 0.29) is 12.0 Å². The van der Waals surface area contributed by atoms with Crippen molar-refractivity contribution < 1.29 is 14.3 Å². The van der Waals surface area contributed by atoms with Crippen LogP contribution in [0.4, 0.5) is 5.00 Å². The second-order valence-corrected chi connectivity index (χ2v) is 7.31. The number of carbonyl (C=O) groups excluding carboxylic acids is 1. The molecule has 1 atom stereocenters. The van der Waals surface area contributed by atoms with Crippen LogP contribution in [0.5, 0.6) is 5.75 Å². The van der Waals surface area contributed by atoms with Gasteiger partial charge in [0.05, 0.1) is 25.3 Å². The Hall–Kier alpha value is -2.09. The Labute approximate surface area is 157 Å². The fourth-order valence-electron chi connectivity index (χ4n) is 3.44. The van der Waals surface area contributed by atoms with Crippen LogP contribution in [-0.4, -0.2) is 37.7 Å². The van der Waals surface area contributed by atoms with Crippen molar-refractivity contribution in [1.82, 2.24) is 4.90 Å². The molecule has 2 heterocycles. The highest BCUT2D eigenvalue weighted by Crippen LogP contribution is 2.41. The van der Waals surface area contributed by atoms with Crippen molar-refractivity contribution in [2.75, 3.05) is 32.5 Å². The number of thiophene rings is 1. The van der Waals surface area contributed by atoms with E-state index in [2.05, 4.69) is 17.0 Å². The maximum Gasteiger partial charge on any atom is 0.341 e. The van der Waals surface area contributed by atoms with Gasteiger partial charge in [0.1, 0.15) is 10.8 Å². The van der Waals surface area contributed by atoms with Crippen molar-refractivity contribution in [1.29, 1.82) is 0 Å². The molecule has 1 aromatic heterocycles. The quantitative estimate of drug-likeness (QED) is 0.754. The fourth-order valence-corrected chi connectivity index (χ4v) is 4.69. The zero-order valence-electron chi connectivity index (χ0n) is 15.2. The Balaban J connectivity index is 1.85. The van der Waals surface area contributed by atoms with E-state index in [0.717, 1.165) is 35.7 Å². The Bertz CT molecular complexity index is 773. The maximum atomic E-state index is 12.3. The number of methoxy groups -OCH3 is 1. The summed E-state index contributed by atoms with van der Waals surface area (Å²) in [6.45, 7) is 4.23. The number of anilines is 1. The molecule has 0 bridgehead atoms. The van der Waals surface area contributed by atoms with Crippen molar-refractivity contribution >= 4 is 22.3 Å². The largest absolute Gasteiger partial charge is 0.497 e. The van der Waals surface area contributed by atoms with Gasteiger partial charge in [-0.05, 0) is 36.6 Å². The SMILES string of the molecule is CCOC(=O)c1c(N)sc2c1CCN(Cc1ccc(OC)cc1)C2CN. The van der Waals surface area contributed by atoms with Crippen molar-refractivity contribution in [2.24, 2.45) is 5.73 Å². The molecule has 0 amide bonds. The minimum atomic E-state index is -0.332. The highest BCUT2D eigenvalue weighted by Gasteiger charge is 2.33. The number of esters is 1. The number of nitrogen functional groups attached to an aromatic ring is 1.